The number of hydrogen-bond donors (Lipinski definition) is 1. The first kappa shape index (κ1) is 15.4. The van der Waals surface area contributed by atoms with Gasteiger partial charge in [0.2, 0.25) is 11.7 Å². The maximum absolute atomic E-state index is 9.92. The lowest BCUT2D eigenvalue weighted by Gasteiger charge is -2.32. The van der Waals surface area contributed by atoms with Crippen molar-refractivity contribution in [3.05, 3.63) is 11.7 Å². The molecule has 1 saturated carbocycles. The van der Waals surface area contributed by atoms with E-state index < -0.39 is 11.7 Å². The molecule has 114 valence electrons. The molecule has 1 aromatic rings. The fourth-order valence-electron chi connectivity index (χ4n) is 3.25. The van der Waals surface area contributed by atoms with Gasteiger partial charge in [-0.3, -0.25) is 0 Å². The van der Waals surface area contributed by atoms with E-state index in [1.54, 1.807) is 14.0 Å². The van der Waals surface area contributed by atoms with Crippen molar-refractivity contribution in [3.63, 3.8) is 0 Å². The van der Waals surface area contributed by atoms with Crippen LogP contribution in [0.1, 0.15) is 70.5 Å². The van der Waals surface area contributed by atoms with E-state index in [0.717, 1.165) is 25.7 Å². The Balaban J connectivity index is 2.27. The highest BCUT2D eigenvalue weighted by Crippen LogP contribution is 2.39. The van der Waals surface area contributed by atoms with Crippen LogP contribution in [0.15, 0.2) is 4.52 Å². The van der Waals surface area contributed by atoms with Gasteiger partial charge in [0.1, 0.15) is 5.60 Å². The Kier molecular flexibility index (Phi) is 4.81. The van der Waals surface area contributed by atoms with Crippen molar-refractivity contribution >= 4 is 0 Å². The zero-order chi connectivity index (χ0) is 14.8. The van der Waals surface area contributed by atoms with Gasteiger partial charge in [0.15, 0.2) is 0 Å². The number of aliphatic hydroxyl groups is 1. The van der Waals surface area contributed by atoms with Gasteiger partial charge in [-0.1, -0.05) is 38.3 Å². The van der Waals surface area contributed by atoms with E-state index in [1.807, 2.05) is 13.8 Å². The van der Waals surface area contributed by atoms with Crippen LogP contribution in [0.3, 0.4) is 0 Å². The highest BCUT2D eigenvalue weighted by atomic mass is 16.5. The first-order valence-electron chi connectivity index (χ1n) is 7.57. The molecule has 1 aromatic heterocycles. The van der Waals surface area contributed by atoms with Crippen LogP contribution in [-0.2, 0) is 10.3 Å². The number of nitrogens with zero attached hydrogens (tertiary/aromatic N) is 2. The summed E-state index contributed by atoms with van der Waals surface area (Å²) in [4.78, 5) is 4.56. The SMILES string of the molecule is COC1(c2noc(C(C(C)C)C(C)O)n2)CCCCC1. The van der Waals surface area contributed by atoms with Gasteiger partial charge in [-0.05, 0) is 25.7 Å². The van der Waals surface area contributed by atoms with Crippen LogP contribution in [0.25, 0.3) is 0 Å². The van der Waals surface area contributed by atoms with Crippen molar-refractivity contribution in [2.45, 2.75) is 70.5 Å². The van der Waals surface area contributed by atoms with Crippen LogP contribution < -0.4 is 0 Å². The van der Waals surface area contributed by atoms with Gasteiger partial charge in [-0.15, -0.1) is 0 Å². The third-order valence-corrected chi connectivity index (χ3v) is 4.42. The lowest BCUT2D eigenvalue weighted by molar-refractivity contribution is -0.0527. The van der Waals surface area contributed by atoms with E-state index in [2.05, 4.69) is 10.1 Å². The van der Waals surface area contributed by atoms with Gasteiger partial charge in [0.05, 0.1) is 12.0 Å². The molecular formula is C15H26N2O3. The first-order chi connectivity index (χ1) is 9.50. The highest BCUT2D eigenvalue weighted by Gasteiger charge is 2.39. The maximum atomic E-state index is 9.92. The summed E-state index contributed by atoms with van der Waals surface area (Å²) in [7, 11) is 1.72. The standard InChI is InChI=1S/C15H26N2O3/c1-10(2)12(11(3)18)13-16-14(17-20-13)15(19-4)8-6-5-7-9-15/h10-12,18H,5-9H2,1-4H3. The molecule has 0 saturated heterocycles. The van der Waals surface area contributed by atoms with Crippen LogP contribution in [0, 0.1) is 5.92 Å². The second-order valence-electron chi connectivity index (χ2n) is 6.23. The molecule has 0 spiro atoms. The molecule has 2 rings (SSSR count). The third-order valence-electron chi connectivity index (χ3n) is 4.42. The molecule has 5 heteroatoms. The monoisotopic (exact) mass is 282 g/mol. The second kappa shape index (κ2) is 6.22. The fourth-order valence-corrected chi connectivity index (χ4v) is 3.25. The Bertz CT molecular complexity index is 415. The second-order valence-corrected chi connectivity index (χ2v) is 6.23. The Hall–Kier alpha value is -0.940. The van der Waals surface area contributed by atoms with Crippen LogP contribution in [0.2, 0.25) is 0 Å². The third kappa shape index (κ3) is 2.88. The number of rotatable bonds is 5. The predicted molar refractivity (Wildman–Crippen MR) is 75.3 cm³/mol. The highest BCUT2D eigenvalue weighted by molar-refractivity contribution is 5.06. The number of aliphatic hydroxyl groups excluding tert-OH is 1. The first-order valence-corrected chi connectivity index (χ1v) is 7.57. The van der Waals surface area contributed by atoms with E-state index in [0.29, 0.717) is 11.7 Å². The Labute approximate surface area is 120 Å². The van der Waals surface area contributed by atoms with Gasteiger partial charge in [-0.25, -0.2) is 0 Å². The van der Waals surface area contributed by atoms with Crippen molar-refractivity contribution in [3.8, 4) is 0 Å². The molecule has 1 N–H and O–H groups in total. The largest absolute Gasteiger partial charge is 0.393 e. The summed E-state index contributed by atoms with van der Waals surface area (Å²) < 4.78 is 11.2. The lowest BCUT2D eigenvalue weighted by Crippen LogP contribution is -2.32. The molecule has 0 amide bonds. The zero-order valence-corrected chi connectivity index (χ0v) is 12.9. The van der Waals surface area contributed by atoms with E-state index in [1.165, 1.54) is 6.42 Å². The summed E-state index contributed by atoms with van der Waals surface area (Å²) in [5.74, 6) is 1.27. The lowest BCUT2D eigenvalue weighted by atomic mass is 9.84. The molecule has 0 aliphatic heterocycles. The summed E-state index contributed by atoms with van der Waals surface area (Å²) in [5, 5.41) is 14.1. The normalized spacial score (nSPS) is 21.9. The molecule has 1 aliphatic carbocycles. The quantitative estimate of drug-likeness (QED) is 0.899. The molecule has 2 atom stereocenters. The number of hydrogen-bond acceptors (Lipinski definition) is 5. The molecule has 2 unspecified atom stereocenters. The van der Waals surface area contributed by atoms with Crippen LogP contribution in [0.5, 0.6) is 0 Å². The van der Waals surface area contributed by atoms with Gasteiger partial charge in [-0.2, -0.15) is 4.98 Å². The van der Waals surface area contributed by atoms with Crippen molar-refractivity contribution in [1.82, 2.24) is 10.1 Å². The Morgan fingerprint density at radius 2 is 1.85 bits per heavy atom. The number of aromatic nitrogens is 2. The van der Waals surface area contributed by atoms with Crippen LogP contribution in [0.4, 0.5) is 0 Å². The molecule has 1 heterocycles. The number of methoxy groups -OCH3 is 1. The molecule has 0 aromatic carbocycles. The minimum atomic E-state index is -0.506. The van der Waals surface area contributed by atoms with E-state index >= 15 is 0 Å². The Morgan fingerprint density at radius 1 is 1.20 bits per heavy atom. The smallest absolute Gasteiger partial charge is 0.232 e. The molecular weight excluding hydrogens is 256 g/mol. The summed E-state index contributed by atoms with van der Waals surface area (Å²) in [6, 6.07) is 0. The molecule has 0 radical (unpaired) electrons. The van der Waals surface area contributed by atoms with Crippen LogP contribution >= 0.6 is 0 Å². The molecule has 20 heavy (non-hydrogen) atoms. The van der Waals surface area contributed by atoms with Crippen molar-refractivity contribution in [1.29, 1.82) is 0 Å². The Morgan fingerprint density at radius 3 is 2.35 bits per heavy atom. The summed E-state index contributed by atoms with van der Waals surface area (Å²) in [5.41, 5.74) is -0.403. The summed E-state index contributed by atoms with van der Waals surface area (Å²) >= 11 is 0. The molecule has 5 nitrogen and oxygen atoms in total. The van der Waals surface area contributed by atoms with Crippen molar-refractivity contribution in [2.75, 3.05) is 7.11 Å². The van der Waals surface area contributed by atoms with E-state index in [-0.39, 0.29) is 11.8 Å². The van der Waals surface area contributed by atoms with E-state index in [4.69, 9.17) is 9.26 Å². The molecule has 1 fully saturated rings. The average molecular weight is 282 g/mol. The van der Waals surface area contributed by atoms with Gasteiger partial charge >= 0.3 is 0 Å². The minimum Gasteiger partial charge on any atom is -0.393 e. The minimum absolute atomic E-state index is 0.131. The fraction of sp³-hybridized carbons (Fsp3) is 0.867. The average Bonchev–Trinajstić information content (AvgIpc) is 2.88. The topological polar surface area (TPSA) is 68.4 Å². The van der Waals surface area contributed by atoms with Gasteiger partial charge < -0.3 is 14.4 Å². The van der Waals surface area contributed by atoms with Gasteiger partial charge in [0, 0.05) is 7.11 Å². The van der Waals surface area contributed by atoms with Crippen molar-refractivity contribution in [2.24, 2.45) is 5.92 Å². The summed E-state index contributed by atoms with van der Waals surface area (Å²) in [6.07, 6.45) is 4.85. The summed E-state index contributed by atoms with van der Waals surface area (Å²) in [6.45, 7) is 5.86. The van der Waals surface area contributed by atoms with Gasteiger partial charge in [0.25, 0.3) is 0 Å². The van der Waals surface area contributed by atoms with Crippen LogP contribution in [-0.4, -0.2) is 28.5 Å². The maximum Gasteiger partial charge on any atom is 0.232 e. The van der Waals surface area contributed by atoms with E-state index in [9.17, 15) is 5.11 Å². The molecule has 0 bridgehead atoms. The number of ether oxygens (including phenoxy) is 1. The van der Waals surface area contributed by atoms with Crippen molar-refractivity contribution < 1.29 is 14.4 Å². The molecule has 1 aliphatic rings. The zero-order valence-electron chi connectivity index (χ0n) is 12.9. The predicted octanol–water partition coefficient (Wildman–Crippen LogP) is 3.00.